The van der Waals surface area contributed by atoms with E-state index < -0.39 is 0 Å². The lowest BCUT2D eigenvalue weighted by atomic mass is 9.89. The Morgan fingerprint density at radius 1 is 1.17 bits per heavy atom. The molecule has 1 aromatic heterocycles. The van der Waals surface area contributed by atoms with Crippen LogP contribution in [0.1, 0.15) is 58.8 Å². The highest BCUT2D eigenvalue weighted by Gasteiger charge is 2.31. The maximum atomic E-state index is 6.43. The van der Waals surface area contributed by atoms with Gasteiger partial charge < -0.3 is 10.1 Å². The van der Waals surface area contributed by atoms with Crippen molar-refractivity contribution in [3.05, 3.63) is 35.9 Å². The van der Waals surface area contributed by atoms with Gasteiger partial charge in [0.25, 0.3) is 0 Å². The molecule has 2 atom stereocenters. The number of benzene rings is 1. The summed E-state index contributed by atoms with van der Waals surface area (Å²) in [6.45, 7) is 4.44. The Hall–Kier alpha value is -2.08. The van der Waals surface area contributed by atoms with Gasteiger partial charge in [-0.15, -0.1) is 10.2 Å². The minimum absolute atomic E-state index is 0.110. The van der Waals surface area contributed by atoms with Crippen LogP contribution in [0.2, 0.25) is 0 Å². The van der Waals surface area contributed by atoms with Gasteiger partial charge in [-0.1, -0.05) is 67.8 Å². The molecule has 4 rings (SSSR count). The maximum absolute atomic E-state index is 6.43. The van der Waals surface area contributed by atoms with Crippen LogP contribution < -0.4 is 10.1 Å². The molecule has 154 valence electrons. The van der Waals surface area contributed by atoms with Crippen LogP contribution in [0.25, 0.3) is 11.3 Å². The Morgan fingerprint density at radius 3 is 2.90 bits per heavy atom. The third-order valence-corrected chi connectivity index (χ3v) is 6.61. The van der Waals surface area contributed by atoms with Crippen molar-refractivity contribution in [3.63, 3.8) is 0 Å². The normalized spacial score (nSPS) is 20.6. The first-order valence-corrected chi connectivity index (χ1v) is 11.8. The second-order valence-electron chi connectivity index (χ2n) is 7.97. The average molecular weight is 411 g/mol. The summed E-state index contributed by atoms with van der Waals surface area (Å²) in [4.78, 5) is 4.76. The molecule has 0 amide bonds. The van der Waals surface area contributed by atoms with E-state index in [9.17, 15) is 0 Å². The molecule has 2 heterocycles. The van der Waals surface area contributed by atoms with Crippen LogP contribution in [0.3, 0.4) is 0 Å². The highest BCUT2D eigenvalue weighted by atomic mass is 32.2. The van der Waals surface area contributed by atoms with E-state index in [1.165, 1.54) is 31.3 Å². The molecule has 5 nitrogen and oxygen atoms in total. The molecule has 0 radical (unpaired) electrons. The minimum Gasteiger partial charge on any atom is -0.452 e. The monoisotopic (exact) mass is 410 g/mol. The molecule has 0 spiro atoms. The molecule has 1 aromatic carbocycles. The first kappa shape index (κ1) is 20.2. The molecule has 2 aliphatic rings. The largest absolute Gasteiger partial charge is 0.452 e. The first-order valence-electron chi connectivity index (χ1n) is 10.8. The topological polar surface area (TPSA) is 59.9 Å². The number of fused-ring (bicyclic) bond motifs is 3. The predicted octanol–water partition coefficient (Wildman–Crippen LogP) is 6.09. The third-order valence-electron chi connectivity index (χ3n) is 5.69. The van der Waals surface area contributed by atoms with E-state index in [4.69, 9.17) is 9.72 Å². The molecule has 1 N–H and O–H groups in total. The molecule has 2 aromatic rings. The van der Waals surface area contributed by atoms with E-state index in [-0.39, 0.29) is 6.23 Å². The number of unbranched alkanes of at least 4 members (excludes halogenated alkanes) is 3. The number of allylic oxidation sites excluding steroid dienone is 2. The SMILES string of the molecule is CCCCCCSc1nnc2c(n1)O[C@H]([C@H]1CC=C(C)CC1)Nc1ccccc1-2. The van der Waals surface area contributed by atoms with Gasteiger partial charge in [0.1, 0.15) is 0 Å². The van der Waals surface area contributed by atoms with Crippen LogP contribution >= 0.6 is 11.8 Å². The van der Waals surface area contributed by atoms with Crippen molar-refractivity contribution in [2.24, 2.45) is 5.92 Å². The van der Waals surface area contributed by atoms with Crippen LogP contribution in [-0.2, 0) is 0 Å². The zero-order valence-corrected chi connectivity index (χ0v) is 18.2. The van der Waals surface area contributed by atoms with Gasteiger partial charge in [-0.25, -0.2) is 0 Å². The van der Waals surface area contributed by atoms with Crippen molar-refractivity contribution in [1.82, 2.24) is 15.2 Å². The molecule has 0 unspecified atom stereocenters. The summed E-state index contributed by atoms with van der Waals surface area (Å²) in [6, 6.07) is 8.21. The van der Waals surface area contributed by atoms with Crippen LogP contribution in [0.15, 0.2) is 41.1 Å². The Kier molecular flexibility index (Phi) is 6.70. The summed E-state index contributed by atoms with van der Waals surface area (Å²) in [5.41, 5.74) is 4.25. The predicted molar refractivity (Wildman–Crippen MR) is 119 cm³/mol. The number of aromatic nitrogens is 3. The Bertz CT molecular complexity index is 870. The van der Waals surface area contributed by atoms with Crippen molar-refractivity contribution in [1.29, 1.82) is 0 Å². The van der Waals surface area contributed by atoms with Crippen molar-refractivity contribution in [2.75, 3.05) is 11.1 Å². The number of ether oxygens (including phenoxy) is 1. The van der Waals surface area contributed by atoms with E-state index >= 15 is 0 Å². The standard InChI is InChI=1S/C23H30N4OS/c1-3-4-5-8-15-29-23-25-22-20(26-27-23)18-9-6-7-10-19(18)24-21(28-22)17-13-11-16(2)12-14-17/h6-7,9-11,17,21,24H,3-5,8,12-15H2,1-2H3/t17-,21+/m0/s1. The summed E-state index contributed by atoms with van der Waals surface area (Å²) in [5, 5.41) is 13.2. The second-order valence-corrected chi connectivity index (χ2v) is 9.03. The van der Waals surface area contributed by atoms with Gasteiger partial charge in [0, 0.05) is 22.9 Å². The maximum Gasteiger partial charge on any atom is 0.247 e. The van der Waals surface area contributed by atoms with Gasteiger partial charge in [-0.3, -0.25) is 0 Å². The fourth-order valence-electron chi connectivity index (χ4n) is 3.90. The molecule has 1 aliphatic heterocycles. The summed E-state index contributed by atoms with van der Waals surface area (Å²) >= 11 is 1.67. The number of thioether (sulfide) groups is 1. The van der Waals surface area contributed by atoms with Gasteiger partial charge in [0.2, 0.25) is 11.0 Å². The second kappa shape index (κ2) is 9.61. The molecule has 1 aliphatic carbocycles. The molecular weight excluding hydrogens is 380 g/mol. The number of hydrogen-bond acceptors (Lipinski definition) is 6. The van der Waals surface area contributed by atoms with E-state index in [1.807, 2.05) is 12.1 Å². The zero-order valence-electron chi connectivity index (χ0n) is 17.4. The lowest BCUT2D eigenvalue weighted by Gasteiger charge is -2.29. The Morgan fingerprint density at radius 2 is 2.07 bits per heavy atom. The van der Waals surface area contributed by atoms with E-state index in [1.54, 1.807) is 11.8 Å². The van der Waals surface area contributed by atoms with Gasteiger partial charge in [-0.05, 0) is 38.7 Å². The Balaban J connectivity index is 1.57. The third kappa shape index (κ3) is 4.92. The van der Waals surface area contributed by atoms with Crippen LogP contribution in [-0.4, -0.2) is 27.2 Å². The van der Waals surface area contributed by atoms with Crippen molar-refractivity contribution in [3.8, 4) is 17.1 Å². The van der Waals surface area contributed by atoms with E-state index in [0.29, 0.717) is 17.0 Å². The summed E-state index contributed by atoms with van der Waals surface area (Å²) in [5.74, 6) is 2.04. The molecule has 0 saturated carbocycles. The first-order chi connectivity index (χ1) is 14.2. The molecular formula is C23H30N4OS. The van der Waals surface area contributed by atoms with Crippen molar-refractivity contribution < 1.29 is 4.74 Å². The fraction of sp³-hybridized carbons (Fsp3) is 0.522. The van der Waals surface area contributed by atoms with Crippen LogP contribution in [0.5, 0.6) is 5.88 Å². The molecule has 6 heteroatoms. The molecule has 0 fully saturated rings. The van der Waals surface area contributed by atoms with Crippen molar-refractivity contribution >= 4 is 17.4 Å². The van der Waals surface area contributed by atoms with Gasteiger partial charge in [0.05, 0.1) is 0 Å². The number of para-hydroxylation sites is 1. The zero-order chi connectivity index (χ0) is 20.1. The van der Waals surface area contributed by atoms with E-state index in [0.717, 1.165) is 42.0 Å². The molecule has 29 heavy (non-hydrogen) atoms. The van der Waals surface area contributed by atoms with Crippen molar-refractivity contribution in [2.45, 2.75) is 70.2 Å². The Labute approximate surface area is 177 Å². The smallest absolute Gasteiger partial charge is 0.247 e. The summed E-state index contributed by atoms with van der Waals surface area (Å²) < 4.78 is 6.43. The number of anilines is 1. The molecule has 0 bridgehead atoms. The minimum atomic E-state index is -0.110. The average Bonchev–Trinajstić information content (AvgIpc) is 2.90. The number of nitrogens with zero attached hydrogens (tertiary/aromatic N) is 3. The quantitative estimate of drug-likeness (QED) is 0.339. The molecule has 0 saturated heterocycles. The van der Waals surface area contributed by atoms with Crippen LogP contribution in [0.4, 0.5) is 5.69 Å². The lowest BCUT2D eigenvalue weighted by molar-refractivity contribution is 0.145. The van der Waals surface area contributed by atoms with Crippen LogP contribution in [0, 0.1) is 5.92 Å². The van der Waals surface area contributed by atoms with Gasteiger partial charge >= 0.3 is 0 Å². The number of hydrogen-bond donors (Lipinski definition) is 1. The number of rotatable bonds is 7. The summed E-state index contributed by atoms with van der Waals surface area (Å²) in [6.07, 6.45) is 10.5. The van der Waals surface area contributed by atoms with Gasteiger partial charge in [-0.2, -0.15) is 4.98 Å². The summed E-state index contributed by atoms with van der Waals surface area (Å²) in [7, 11) is 0. The highest BCUT2D eigenvalue weighted by molar-refractivity contribution is 7.99. The highest BCUT2D eigenvalue weighted by Crippen LogP contribution is 2.39. The lowest BCUT2D eigenvalue weighted by Crippen LogP contribution is -2.35. The number of nitrogens with one attached hydrogen (secondary N) is 1. The fourth-order valence-corrected chi connectivity index (χ4v) is 4.67. The van der Waals surface area contributed by atoms with E-state index in [2.05, 4.69) is 47.6 Å². The van der Waals surface area contributed by atoms with Gasteiger partial charge in [0.15, 0.2) is 11.9 Å².